The third-order valence-corrected chi connectivity index (χ3v) is 3.20. The molecular formula is C13H24N4O. The first kappa shape index (κ1) is 14.7. The highest BCUT2D eigenvalue weighted by atomic mass is 16.2. The molecule has 0 saturated heterocycles. The Kier molecular flexibility index (Phi) is 5.34. The quantitative estimate of drug-likeness (QED) is 0.819. The van der Waals surface area contributed by atoms with Crippen LogP contribution in [-0.2, 0) is 24.8 Å². The lowest BCUT2D eigenvalue weighted by atomic mass is 10.2. The zero-order valence-corrected chi connectivity index (χ0v) is 12.0. The summed E-state index contributed by atoms with van der Waals surface area (Å²) in [7, 11) is 3.75. The normalized spacial score (nSPS) is 12.5. The van der Waals surface area contributed by atoms with E-state index in [1.54, 1.807) is 4.90 Å². The van der Waals surface area contributed by atoms with Gasteiger partial charge in [0, 0.05) is 27.2 Å². The van der Waals surface area contributed by atoms with Gasteiger partial charge in [-0.2, -0.15) is 5.10 Å². The third-order valence-electron chi connectivity index (χ3n) is 3.20. The number of carbonyl (C=O) groups excluding carboxylic acids is 1. The van der Waals surface area contributed by atoms with E-state index in [9.17, 15) is 4.79 Å². The molecule has 1 rings (SSSR count). The van der Waals surface area contributed by atoms with E-state index in [0.717, 1.165) is 24.4 Å². The van der Waals surface area contributed by atoms with Crippen molar-refractivity contribution in [1.82, 2.24) is 20.0 Å². The fourth-order valence-corrected chi connectivity index (χ4v) is 1.74. The second kappa shape index (κ2) is 6.54. The summed E-state index contributed by atoms with van der Waals surface area (Å²) in [6.45, 7) is 7.34. The smallest absolute Gasteiger partial charge is 0.239 e. The van der Waals surface area contributed by atoms with Crippen molar-refractivity contribution < 1.29 is 4.79 Å². The van der Waals surface area contributed by atoms with Gasteiger partial charge < -0.3 is 10.2 Å². The van der Waals surface area contributed by atoms with Gasteiger partial charge in [-0.15, -0.1) is 0 Å². The molecule has 1 unspecified atom stereocenters. The second-order valence-corrected chi connectivity index (χ2v) is 4.56. The van der Waals surface area contributed by atoms with Gasteiger partial charge in [-0.25, -0.2) is 0 Å². The molecule has 0 aliphatic rings. The fraction of sp³-hybridized carbons (Fsp3) is 0.692. The summed E-state index contributed by atoms with van der Waals surface area (Å²) in [5, 5.41) is 7.62. The molecule has 5 heteroatoms. The van der Waals surface area contributed by atoms with Crippen molar-refractivity contribution in [3.8, 4) is 0 Å². The van der Waals surface area contributed by atoms with Crippen molar-refractivity contribution in [2.45, 2.75) is 39.8 Å². The monoisotopic (exact) mass is 252 g/mol. The van der Waals surface area contributed by atoms with Gasteiger partial charge in [0.15, 0.2) is 0 Å². The Bertz CT molecular complexity index is 400. The van der Waals surface area contributed by atoms with E-state index < -0.39 is 0 Å². The van der Waals surface area contributed by atoms with Crippen LogP contribution >= 0.6 is 0 Å². The van der Waals surface area contributed by atoms with Crippen molar-refractivity contribution in [1.29, 1.82) is 0 Å². The second-order valence-electron chi connectivity index (χ2n) is 4.56. The maximum absolute atomic E-state index is 11.9. The number of carbonyl (C=O) groups is 1. The van der Waals surface area contributed by atoms with Crippen LogP contribution in [0.4, 0.5) is 0 Å². The van der Waals surface area contributed by atoms with E-state index in [-0.39, 0.29) is 11.9 Å². The van der Waals surface area contributed by atoms with Crippen molar-refractivity contribution in [3.63, 3.8) is 0 Å². The molecule has 0 spiro atoms. The number of hydrogen-bond acceptors (Lipinski definition) is 3. The van der Waals surface area contributed by atoms with Crippen LogP contribution in [0.5, 0.6) is 0 Å². The van der Waals surface area contributed by atoms with Crippen LogP contribution in [0.15, 0.2) is 6.07 Å². The molecule has 18 heavy (non-hydrogen) atoms. The largest absolute Gasteiger partial charge is 0.345 e. The lowest BCUT2D eigenvalue weighted by molar-refractivity contribution is -0.131. The van der Waals surface area contributed by atoms with Crippen LogP contribution in [0.1, 0.15) is 32.2 Å². The molecule has 0 aromatic carbocycles. The minimum atomic E-state index is -0.171. The molecule has 1 aromatic rings. The van der Waals surface area contributed by atoms with Gasteiger partial charge >= 0.3 is 0 Å². The van der Waals surface area contributed by atoms with Crippen LogP contribution in [0, 0.1) is 0 Å². The molecule has 0 aliphatic carbocycles. The first-order chi connectivity index (χ1) is 8.49. The highest BCUT2D eigenvalue weighted by Gasteiger charge is 2.16. The molecule has 0 aliphatic heterocycles. The average Bonchev–Trinajstić information content (AvgIpc) is 2.74. The number of rotatable bonds is 6. The topological polar surface area (TPSA) is 50.2 Å². The zero-order chi connectivity index (χ0) is 13.7. The number of hydrogen-bond donors (Lipinski definition) is 1. The van der Waals surface area contributed by atoms with E-state index in [2.05, 4.69) is 23.4 Å². The maximum atomic E-state index is 11.9. The summed E-state index contributed by atoms with van der Waals surface area (Å²) in [5.41, 5.74) is 2.18. The Morgan fingerprint density at radius 3 is 2.72 bits per heavy atom. The molecule has 0 bridgehead atoms. The van der Waals surface area contributed by atoms with Crippen LogP contribution in [0.25, 0.3) is 0 Å². The van der Waals surface area contributed by atoms with Crippen LogP contribution in [0.3, 0.4) is 0 Å². The van der Waals surface area contributed by atoms with Crippen LogP contribution in [0.2, 0.25) is 0 Å². The highest BCUT2D eigenvalue weighted by Crippen LogP contribution is 2.04. The molecule has 0 fully saturated rings. The predicted molar refractivity (Wildman–Crippen MR) is 72.2 cm³/mol. The number of likely N-dealkylation sites (N-methyl/N-ethyl adjacent to an activating group) is 1. The van der Waals surface area contributed by atoms with E-state index in [0.29, 0.717) is 6.54 Å². The van der Waals surface area contributed by atoms with E-state index in [4.69, 9.17) is 0 Å². The maximum Gasteiger partial charge on any atom is 0.239 e. The molecule has 102 valence electrons. The molecule has 5 nitrogen and oxygen atoms in total. The number of aromatic nitrogens is 2. The van der Waals surface area contributed by atoms with Gasteiger partial charge in [-0.1, -0.05) is 6.92 Å². The number of amides is 1. The third kappa shape index (κ3) is 3.57. The SMILES string of the molecule is CCc1cc(CNC(C)C(=O)N(C)CC)n(C)n1. The van der Waals surface area contributed by atoms with Crippen LogP contribution < -0.4 is 5.32 Å². The van der Waals surface area contributed by atoms with Gasteiger partial charge in [0.2, 0.25) is 5.91 Å². The van der Waals surface area contributed by atoms with Crippen molar-refractivity contribution in [2.75, 3.05) is 13.6 Å². The molecule has 1 atom stereocenters. The Morgan fingerprint density at radius 1 is 1.56 bits per heavy atom. The first-order valence-corrected chi connectivity index (χ1v) is 6.49. The van der Waals surface area contributed by atoms with Crippen LogP contribution in [-0.4, -0.2) is 40.2 Å². The lowest BCUT2D eigenvalue weighted by Gasteiger charge is -2.20. The molecule has 0 radical (unpaired) electrons. The Hall–Kier alpha value is -1.36. The van der Waals surface area contributed by atoms with Crippen molar-refractivity contribution >= 4 is 5.91 Å². The summed E-state index contributed by atoms with van der Waals surface area (Å²) in [4.78, 5) is 13.6. The van der Waals surface area contributed by atoms with E-state index in [1.807, 2.05) is 32.6 Å². The lowest BCUT2D eigenvalue weighted by Crippen LogP contribution is -2.42. The first-order valence-electron chi connectivity index (χ1n) is 6.49. The standard InChI is InChI=1S/C13H24N4O/c1-6-11-8-12(17(5)15-11)9-14-10(3)13(18)16(4)7-2/h8,10,14H,6-7,9H2,1-5H3. The Labute approximate surface area is 109 Å². The summed E-state index contributed by atoms with van der Waals surface area (Å²) in [6, 6.07) is 1.91. The highest BCUT2D eigenvalue weighted by molar-refractivity contribution is 5.81. The van der Waals surface area contributed by atoms with Gasteiger partial charge in [0.1, 0.15) is 0 Å². The summed E-state index contributed by atoms with van der Waals surface area (Å²) < 4.78 is 1.87. The summed E-state index contributed by atoms with van der Waals surface area (Å²) >= 11 is 0. The molecule has 1 heterocycles. The van der Waals surface area contributed by atoms with Gasteiger partial charge in [-0.3, -0.25) is 9.48 Å². The summed E-state index contributed by atoms with van der Waals surface area (Å²) in [6.07, 6.45) is 0.931. The number of aryl methyl sites for hydroxylation is 2. The Morgan fingerprint density at radius 2 is 2.22 bits per heavy atom. The average molecular weight is 252 g/mol. The fourth-order valence-electron chi connectivity index (χ4n) is 1.74. The van der Waals surface area contributed by atoms with E-state index >= 15 is 0 Å². The molecule has 1 amide bonds. The van der Waals surface area contributed by atoms with Gasteiger partial charge in [-0.05, 0) is 26.3 Å². The minimum Gasteiger partial charge on any atom is -0.345 e. The van der Waals surface area contributed by atoms with Gasteiger partial charge in [0.05, 0.1) is 17.4 Å². The Balaban J connectivity index is 2.54. The van der Waals surface area contributed by atoms with Crippen molar-refractivity contribution in [2.24, 2.45) is 7.05 Å². The molecule has 0 saturated carbocycles. The molecule has 1 N–H and O–H groups in total. The van der Waals surface area contributed by atoms with E-state index in [1.165, 1.54) is 0 Å². The minimum absolute atomic E-state index is 0.121. The van der Waals surface area contributed by atoms with Gasteiger partial charge in [0.25, 0.3) is 0 Å². The zero-order valence-electron chi connectivity index (χ0n) is 12.0. The summed E-state index contributed by atoms with van der Waals surface area (Å²) in [5.74, 6) is 0.121. The predicted octanol–water partition coefficient (Wildman–Crippen LogP) is 0.939. The molecule has 1 aromatic heterocycles. The van der Waals surface area contributed by atoms with Crippen molar-refractivity contribution in [3.05, 3.63) is 17.5 Å². The number of nitrogens with one attached hydrogen (secondary N) is 1. The number of nitrogens with zero attached hydrogens (tertiary/aromatic N) is 3. The molecular weight excluding hydrogens is 228 g/mol.